The van der Waals surface area contributed by atoms with E-state index < -0.39 is 0 Å². The third kappa shape index (κ3) is 8.50. The highest BCUT2D eigenvalue weighted by atomic mass is 127. The quantitative estimate of drug-likeness (QED) is 0.233. The second kappa shape index (κ2) is 14.0. The third-order valence-electron chi connectivity index (χ3n) is 3.82. The van der Waals surface area contributed by atoms with Crippen LogP contribution < -0.4 is 15.4 Å². The van der Waals surface area contributed by atoms with Gasteiger partial charge in [-0.15, -0.1) is 24.0 Å². The Labute approximate surface area is 173 Å². The van der Waals surface area contributed by atoms with Crippen LogP contribution in [0.4, 0.5) is 0 Å². The summed E-state index contributed by atoms with van der Waals surface area (Å²) in [5, 5.41) is 6.59. The van der Waals surface area contributed by atoms with Crippen molar-refractivity contribution >= 4 is 29.9 Å². The number of ether oxygens (including phenoxy) is 3. The van der Waals surface area contributed by atoms with Gasteiger partial charge in [-0.1, -0.05) is 13.0 Å². The average Bonchev–Trinajstić information content (AvgIpc) is 3.16. The molecule has 0 radical (unpaired) electrons. The van der Waals surface area contributed by atoms with Crippen molar-refractivity contribution in [2.75, 3.05) is 40.0 Å². The van der Waals surface area contributed by atoms with Crippen molar-refractivity contribution < 1.29 is 14.2 Å². The number of aromatic nitrogens is 1. The zero-order valence-electron chi connectivity index (χ0n) is 15.7. The standard InChI is InChI=1S/C18H30N4O3.HI/c1-3-10-25-17-15(6-4-8-20-17)13-22-18(19-2)21-9-5-11-24-16-7-12-23-14-16;/h4,6,8,16H,3,5,7,9-14H2,1-2H3,(H2,19,21,22);1H. The van der Waals surface area contributed by atoms with Crippen molar-refractivity contribution in [3.63, 3.8) is 0 Å². The summed E-state index contributed by atoms with van der Waals surface area (Å²) < 4.78 is 16.7. The monoisotopic (exact) mass is 478 g/mol. The minimum atomic E-state index is 0. The van der Waals surface area contributed by atoms with Gasteiger partial charge >= 0.3 is 0 Å². The maximum absolute atomic E-state index is 5.75. The van der Waals surface area contributed by atoms with E-state index in [-0.39, 0.29) is 30.1 Å². The van der Waals surface area contributed by atoms with Gasteiger partial charge in [0.05, 0.1) is 19.3 Å². The lowest BCUT2D eigenvalue weighted by molar-refractivity contribution is 0.0420. The molecule has 0 bridgehead atoms. The van der Waals surface area contributed by atoms with Gasteiger partial charge in [0.25, 0.3) is 0 Å². The molecule has 1 aromatic rings. The van der Waals surface area contributed by atoms with Crippen LogP contribution in [-0.4, -0.2) is 57.1 Å². The summed E-state index contributed by atoms with van der Waals surface area (Å²) in [6.07, 6.45) is 4.90. The van der Waals surface area contributed by atoms with E-state index in [0.717, 1.165) is 57.2 Å². The molecule has 1 fully saturated rings. The van der Waals surface area contributed by atoms with E-state index in [4.69, 9.17) is 14.2 Å². The van der Waals surface area contributed by atoms with Crippen LogP contribution in [0.15, 0.2) is 23.3 Å². The predicted octanol–water partition coefficient (Wildman–Crippen LogP) is 2.35. The summed E-state index contributed by atoms with van der Waals surface area (Å²) in [6.45, 7) is 6.44. The molecule has 148 valence electrons. The number of hydrogen-bond donors (Lipinski definition) is 2. The highest BCUT2D eigenvalue weighted by Gasteiger charge is 2.15. The lowest BCUT2D eigenvalue weighted by atomic mass is 10.2. The second-order valence-electron chi connectivity index (χ2n) is 5.88. The molecule has 0 aromatic carbocycles. The van der Waals surface area contributed by atoms with Crippen molar-refractivity contribution in [2.24, 2.45) is 4.99 Å². The van der Waals surface area contributed by atoms with Crippen LogP contribution in [0.1, 0.15) is 31.7 Å². The molecule has 26 heavy (non-hydrogen) atoms. The molecule has 2 heterocycles. The van der Waals surface area contributed by atoms with E-state index in [2.05, 4.69) is 27.5 Å². The highest BCUT2D eigenvalue weighted by molar-refractivity contribution is 14.0. The van der Waals surface area contributed by atoms with Gasteiger partial charge in [0.2, 0.25) is 5.88 Å². The molecular formula is C18H31IN4O3. The molecular weight excluding hydrogens is 447 g/mol. The smallest absolute Gasteiger partial charge is 0.218 e. The first kappa shape index (κ1) is 22.9. The van der Waals surface area contributed by atoms with E-state index in [1.807, 2.05) is 12.1 Å². The van der Waals surface area contributed by atoms with E-state index >= 15 is 0 Å². The Morgan fingerprint density at radius 3 is 3.00 bits per heavy atom. The average molecular weight is 478 g/mol. The number of guanidine groups is 1. The summed E-state index contributed by atoms with van der Waals surface area (Å²) in [5.41, 5.74) is 1.02. The Morgan fingerprint density at radius 2 is 2.27 bits per heavy atom. The fraction of sp³-hybridized carbons (Fsp3) is 0.667. The molecule has 1 saturated heterocycles. The minimum absolute atomic E-state index is 0. The number of hydrogen-bond acceptors (Lipinski definition) is 5. The van der Waals surface area contributed by atoms with Crippen molar-refractivity contribution in [2.45, 2.75) is 38.8 Å². The summed E-state index contributed by atoms with van der Waals surface area (Å²) in [7, 11) is 1.76. The predicted molar refractivity (Wildman–Crippen MR) is 113 cm³/mol. The second-order valence-corrected chi connectivity index (χ2v) is 5.88. The van der Waals surface area contributed by atoms with Gasteiger partial charge in [0.15, 0.2) is 5.96 Å². The van der Waals surface area contributed by atoms with Crippen LogP contribution in [0, 0.1) is 0 Å². The number of nitrogens with one attached hydrogen (secondary N) is 2. The molecule has 7 nitrogen and oxygen atoms in total. The molecule has 1 atom stereocenters. The Morgan fingerprint density at radius 1 is 1.38 bits per heavy atom. The molecule has 0 saturated carbocycles. The molecule has 2 N–H and O–H groups in total. The molecule has 8 heteroatoms. The van der Waals surface area contributed by atoms with E-state index in [1.54, 1.807) is 13.2 Å². The summed E-state index contributed by atoms with van der Waals surface area (Å²) >= 11 is 0. The van der Waals surface area contributed by atoms with Gasteiger partial charge in [-0.25, -0.2) is 4.98 Å². The first-order chi connectivity index (χ1) is 12.3. The van der Waals surface area contributed by atoms with Crippen molar-refractivity contribution in [3.05, 3.63) is 23.9 Å². The number of nitrogens with zero attached hydrogens (tertiary/aromatic N) is 2. The van der Waals surface area contributed by atoms with Gasteiger partial charge < -0.3 is 24.8 Å². The van der Waals surface area contributed by atoms with Gasteiger partial charge in [-0.2, -0.15) is 0 Å². The number of aliphatic imine (C=N–C) groups is 1. The van der Waals surface area contributed by atoms with Crippen molar-refractivity contribution in [1.82, 2.24) is 15.6 Å². The van der Waals surface area contributed by atoms with Crippen LogP contribution >= 0.6 is 24.0 Å². The zero-order chi connectivity index (χ0) is 17.7. The number of halogens is 1. The lowest BCUT2D eigenvalue weighted by Gasteiger charge is -2.14. The van der Waals surface area contributed by atoms with Crippen LogP contribution in [-0.2, 0) is 16.0 Å². The van der Waals surface area contributed by atoms with E-state index in [0.29, 0.717) is 19.0 Å². The van der Waals surface area contributed by atoms with Crippen LogP contribution in [0.25, 0.3) is 0 Å². The normalized spacial score (nSPS) is 16.8. The molecule has 0 amide bonds. The van der Waals surface area contributed by atoms with Crippen LogP contribution in [0.3, 0.4) is 0 Å². The molecule has 1 aliphatic rings. The fourth-order valence-corrected chi connectivity index (χ4v) is 2.46. The van der Waals surface area contributed by atoms with Gasteiger partial charge in [0, 0.05) is 45.1 Å². The molecule has 1 unspecified atom stereocenters. The maximum atomic E-state index is 5.75. The van der Waals surface area contributed by atoms with Crippen molar-refractivity contribution in [1.29, 1.82) is 0 Å². The third-order valence-corrected chi connectivity index (χ3v) is 3.82. The zero-order valence-corrected chi connectivity index (χ0v) is 18.0. The van der Waals surface area contributed by atoms with E-state index in [9.17, 15) is 0 Å². The number of pyridine rings is 1. The van der Waals surface area contributed by atoms with Gasteiger partial charge in [0.1, 0.15) is 0 Å². The molecule has 1 aromatic heterocycles. The van der Waals surface area contributed by atoms with Crippen LogP contribution in [0.5, 0.6) is 5.88 Å². The number of rotatable bonds is 10. The maximum Gasteiger partial charge on any atom is 0.218 e. The molecule has 0 spiro atoms. The first-order valence-electron chi connectivity index (χ1n) is 9.04. The SMILES string of the molecule is CCCOc1ncccc1CNC(=NC)NCCCOC1CCOC1.I. The highest BCUT2D eigenvalue weighted by Crippen LogP contribution is 2.14. The fourth-order valence-electron chi connectivity index (χ4n) is 2.46. The Hall–Kier alpha value is -1.13. The topological polar surface area (TPSA) is 77.0 Å². The Balaban J connectivity index is 0.00000338. The minimum Gasteiger partial charge on any atom is -0.477 e. The van der Waals surface area contributed by atoms with Gasteiger partial charge in [-0.3, -0.25) is 4.99 Å². The summed E-state index contributed by atoms with van der Waals surface area (Å²) in [4.78, 5) is 8.54. The Bertz CT molecular complexity index is 525. The van der Waals surface area contributed by atoms with Crippen LogP contribution in [0.2, 0.25) is 0 Å². The largest absolute Gasteiger partial charge is 0.477 e. The molecule has 2 rings (SSSR count). The lowest BCUT2D eigenvalue weighted by Crippen LogP contribution is -2.37. The Kier molecular flexibility index (Phi) is 12.3. The molecule has 0 aliphatic carbocycles. The van der Waals surface area contributed by atoms with Crippen molar-refractivity contribution in [3.8, 4) is 5.88 Å². The summed E-state index contributed by atoms with van der Waals surface area (Å²) in [5.74, 6) is 1.44. The van der Waals surface area contributed by atoms with Gasteiger partial charge in [-0.05, 0) is 25.3 Å². The molecule has 1 aliphatic heterocycles. The first-order valence-corrected chi connectivity index (χ1v) is 9.04. The van der Waals surface area contributed by atoms with E-state index in [1.165, 1.54) is 0 Å². The summed E-state index contributed by atoms with van der Waals surface area (Å²) in [6, 6.07) is 3.92.